The molecule has 0 aliphatic carbocycles. The third-order valence-electron chi connectivity index (χ3n) is 2.04. The molecule has 0 radical (unpaired) electrons. The van der Waals surface area contributed by atoms with Crippen molar-refractivity contribution in [2.45, 2.75) is 13.8 Å². The first-order chi connectivity index (χ1) is 7.17. The van der Waals surface area contributed by atoms with Gasteiger partial charge in [0.15, 0.2) is 0 Å². The summed E-state index contributed by atoms with van der Waals surface area (Å²) in [5, 5.41) is 0. The second-order valence-corrected chi connectivity index (χ2v) is 6.39. The van der Waals surface area contributed by atoms with Gasteiger partial charge < -0.3 is 0 Å². The first-order valence-electron chi connectivity index (χ1n) is 4.89. The SMILES string of the molecule is CCN(CC)C(=O)[Se]c1ccc(I)cc1. The van der Waals surface area contributed by atoms with Crippen LogP contribution in [0.3, 0.4) is 0 Å². The molecule has 2 nitrogen and oxygen atoms in total. The van der Waals surface area contributed by atoms with E-state index >= 15 is 0 Å². The van der Waals surface area contributed by atoms with Gasteiger partial charge in [-0.25, -0.2) is 0 Å². The number of amides is 1. The summed E-state index contributed by atoms with van der Waals surface area (Å²) in [7, 11) is 0. The summed E-state index contributed by atoms with van der Waals surface area (Å²) in [5.74, 6) is 0. The Morgan fingerprint density at radius 1 is 1.27 bits per heavy atom. The van der Waals surface area contributed by atoms with Gasteiger partial charge in [0.2, 0.25) is 0 Å². The van der Waals surface area contributed by atoms with Gasteiger partial charge in [-0.15, -0.1) is 0 Å². The van der Waals surface area contributed by atoms with Gasteiger partial charge >= 0.3 is 111 Å². The van der Waals surface area contributed by atoms with E-state index in [9.17, 15) is 4.79 Å². The molecule has 0 N–H and O–H groups in total. The number of halogens is 1. The molecule has 0 aromatic heterocycles. The summed E-state index contributed by atoms with van der Waals surface area (Å²) < 4.78 is 2.36. The number of hydrogen-bond donors (Lipinski definition) is 0. The summed E-state index contributed by atoms with van der Waals surface area (Å²) in [5.41, 5.74) is 0. The van der Waals surface area contributed by atoms with Gasteiger partial charge in [-0.3, -0.25) is 0 Å². The van der Waals surface area contributed by atoms with Gasteiger partial charge in [-0.1, -0.05) is 0 Å². The molecule has 1 rings (SSSR count). The fourth-order valence-corrected chi connectivity index (χ4v) is 3.32. The third-order valence-corrected chi connectivity index (χ3v) is 4.73. The molecule has 0 aliphatic heterocycles. The van der Waals surface area contributed by atoms with Gasteiger partial charge in [0.05, 0.1) is 0 Å². The van der Waals surface area contributed by atoms with Crippen LogP contribution in [-0.4, -0.2) is 37.8 Å². The zero-order valence-electron chi connectivity index (χ0n) is 8.87. The van der Waals surface area contributed by atoms with Crippen molar-refractivity contribution in [2.24, 2.45) is 0 Å². The Morgan fingerprint density at radius 2 is 1.80 bits per heavy atom. The van der Waals surface area contributed by atoms with Gasteiger partial charge in [0.1, 0.15) is 0 Å². The molecular formula is C11H14INOSe. The van der Waals surface area contributed by atoms with E-state index in [-0.39, 0.29) is 19.8 Å². The van der Waals surface area contributed by atoms with Crippen LogP contribution in [0.25, 0.3) is 0 Å². The Hall–Kier alpha value is -0.0605. The summed E-state index contributed by atoms with van der Waals surface area (Å²) >= 11 is 2.20. The predicted molar refractivity (Wildman–Crippen MR) is 72.9 cm³/mol. The first-order valence-corrected chi connectivity index (χ1v) is 7.68. The molecule has 0 atom stereocenters. The third kappa shape index (κ3) is 4.13. The van der Waals surface area contributed by atoms with Crippen molar-refractivity contribution in [3.8, 4) is 0 Å². The van der Waals surface area contributed by atoms with Gasteiger partial charge in [0.25, 0.3) is 0 Å². The van der Waals surface area contributed by atoms with E-state index in [1.165, 1.54) is 3.57 Å². The zero-order chi connectivity index (χ0) is 11.3. The molecule has 0 saturated carbocycles. The number of benzene rings is 1. The molecule has 4 heteroatoms. The van der Waals surface area contributed by atoms with Crippen LogP contribution in [0.5, 0.6) is 0 Å². The van der Waals surface area contributed by atoms with Crippen LogP contribution in [-0.2, 0) is 0 Å². The van der Waals surface area contributed by atoms with E-state index in [1.807, 2.05) is 43.0 Å². The predicted octanol–water partition coefficient (Wildman–Crippen LogP) is 2.08. The zero-order valence-corrected chi connectivity index (χ0v) is 12.7. The van der Waals surface area contributed by atoms with Crippen LogP contribution in [0.1, 0.15) is 13.8 Å². The minimum absolute atomic E-state index is 0.0731. The fourth-order valence-electron chi connectivity index (χ4n) is 1.15. The number of carbonyl (C=O) groups is 1. The van der Waals surface area contributed by atoms with Crippen LogP contribution in [0.4, 0.5) is 4.79 Å². The number of hydrogen-bond acceptors (Lipinski definition) is 1. The number of nitrogens with zero attached hydrogens (tertiary/aromatic N) is 1. The average Bonchev–Trinajstić information content (AvgIpc) is 2.23. The Balaban J connectivity index is 2.61. The standard InChI is InChI=1S/C11H14INOSe/c1-3-13(4-2)11(14)15-10-7-5-9(12)6-8-10/h5-8H,3-4H2,1-2H3. The monoisotopic (exact) mass is 383 g/mol. The Morgan fingerprint density at radius 3 is 2.27 bits per heavy atom. The van der Waals surface area contributed by atoms with Crippen LogP contribution in [0.2, 0.25) is 0 Å². The van der Waals surface area contributed by atoms with Crippen molar-refractivity contribution in [3.63, 3.8) is 0 Å². The molecular weight excluding hydrogens is 368 g/mol. The van der Waals surface area contributed by atoms with E-state index in [4.69, 9.17) is 0 Å². The Labute approximate surface area is 111 Å². The molecule has 0 spiro atoms. The molecule has 1 aromatic rings. The summed E-state index contributed by atoms with van der Waals surface area (Å²) in [6.45, 7) is 5.65. The van der Waals surface area contributed by atoms with Crippen molar-refractivity contribution in [1.29, 1.82) is 0 Å². The topological polar surface area (TPSA) is 20.3 Å². The van der Waals surface area contributed by atoms with Crippen molar-refractivity contribution in [2.75, 3.05) is 13.1 Å². The quantitative estimate of drug-likeness (QED) is 0.577. The number of rotatable bonds is 4. The van der Waals surface area contributed by atoms with E-state index in [0.29, 0.717) is 0 Å². The molecule has 0 unspecified atom stereocenters. The van der Waals surface area contributed by atoms with E-state index in [2.05, 4.69) is 22.6 Å². The summed E-state index contributed by atoms with van der Waals surface area (Å²) in [4.78, 5) is 14.0. The Bertz CT molecular complexity index is 322. The second-order valence-electron chi connectivity index (χ2n) is 2.99. The molecule has 0 heterocycles. The normalized spacial score (nSPS) is 10.1. The summed E-state index contributed by atoms with van der Waals surface area (Å²) in [6.07, 6.45) is 0. The molecule has 0 fully saturated rings. The van der Waals surface area contributed by atoms with Crippen molar-refractivity contribution < 1.29 is 4.79 Å². The Kier molecular flexibility index (Phi) is 5.64. The average molecular weight is 382 g/mol. The van der Waals surface area contributed by atoms with Crippen LogP contribution in [0, 0.1) is 3.57 Å². The van der Waals surface area contributed by atoms with E-state index in [1.54, 1.807) is 0 Å². The van der Waals surface area contributed by atoms with Crippen molar-refractivity contribution in [3.05, 3.63) is 27.8 Å². The van der Waals surface area contributed by atoms with E-state index < -0.39 is 0 Å². The van der Waals surface area contributed by atoms with Crippen LogP contribution < -0.4 is 4.46 Å². The fraction of sp³-hybridized carbons (Fsp3) is 0.364. The van der Waals surface area contributed by atoms with Crippen LogP contribution in [0.15, 0.2) is 24.3 Å². The van der Waals surface area contributed by atoms with Crippen molar-refractivity contribution in [1.82, 2.24) is 4.90 Å². The molecule has 1 aromatic carbocycles. The van der Waals surface area contributed by atoms with Crippen molar-refractivity contribution >= 4 is 46.8 Å². The van der Waals surface area contributed by atoms with Crippen LogP contribution >= 0.6 is 22.6 Å². The molecule has 0 saturated heterocycles. The number of carbonyl (C=O) groups excluding carboxylic acids is 1. The first kappa shape index (κ1) is 13.0. The van der Waals surface area contributed by atoms with Gasteiger partial charge in [-0.05, 0) is 0 Å². The van der Waals surface area contributed by atoms with Gasteiger partial charge in [0, 0.05) is 0 Å². The molecule has 1 amide bonds. The van der Waals surface area contributed by atoms with E-state index in [0.717, 1.165) is 17.6 Å². The summed E-state index contributed by atoms with van der Waals surface area (Å²) in [6, 6.07) is 8.19. The van der Waals surface area contributed by atoms with Gasteiger partial charge in [-0.2, -0.15) is 0 Å². The molecule has 15 heavy (non-hydrogen) atoms. The maximum atomic E-state index is 11.8. The molecule has 82 valence electrons. The molecule has 0 bridgehead atoms. The second kappa shape index (κ2) is 6.51. The maximum absolute atomic E-state index is 11.8. The molecule has 0 aliphatic rings. The minimum atomic E-state index is -0.0731.